The molecule has 3 rings (SSSR count). The Bertz CT molecular complexity index is 1050. The van der Waals surface area contributed by atoms with Crippen molar-refractivity contribution >= 4 is 30.5 Å². The maximum Gasteiger partial charge on any atom is 0.248 e. The minimum Gasteiger partial charge on any atom is -0.598 e. The van der Waals surface area contributed by atoms with E-state index in [0.29, 0.717) is 36.4 Å². The van der Waals surface area contributed by atoms with Crippen LogP contribution >= 0.6 is 0 Å². The first-order valence-corrected chi connectivity index (χ1v) is 17.1. The average molecular weight is 525 g/mol. The lowest BCUT2D eigenvalue weighted by molar-refractivity contribution is -0.0495. The molecule has 2 aromatic rings. The summed E-state index contributed by atoms with van der Waals surface area (Å²) in [5.41, 5.74) is 1.94. The molecule has 194 valence electrons. The Labute approximate surface area is 211 Å². The molecule has 10 heteroatoms. The molecule has 0 saturated heterocycles. The molecule has 1 N–H and O–H groups in total. The number of aromatic nitrogens is 2. The van der Waals surface area contributed by atoms with E-state index in [1.54, 1.807) is 12.1 Å². The van der Waals surface area contributed by atoms with Crippen molar-refractivity contribution in [3.8, 4) is 6.07 Å². The van der Waals surface area contributed by atoms with Crippen LogP contribution in [0.5, 0.6) is 0 Å². The van der Waals surface area contributed by atoms with Crippen LogP contribution in [0.1, 0.15) is 63.9 Å². The van der Waals surface area contributed by atoms with Crippen LogP contribution in [0.2, 0.25) is 25.7 Å². The molecule has 1 aliphatic rings. The van der Waals surface area contributed by atoms with Crippen LogP contribution in [0.15, 0.2) is 18.2 Å². The molecule has 35 heavy (non-hydrogen) atoms. The summed E-state index contributed by atoms with van der Waals surface area (Å²) in [5.74, 6) is -2.18. The number of imidazole rings is 1. The second-order valence-electron chi connectivity index (χ2n) is 11.7. The molecule has 1 saturated carbocycles. The highest BCUT2D eigenvalue weighted by atomic mass is 32.2. The summed E-state index contributed by atoms with van der Waals surface area (Å²) in [6.45, 7) is 13.4. The summed E-state index contributed by atoms with van der Waals surface area (Å²) >= 11 is -1.42. The number of benzene rings is 1. The Morgan fingerprint density at radius 3 is 2.54 bits per heavy atom. The summed E-state index contributed by atoms with van der Waals surface area (Å²) in [4.78, 5) is 4.85. The summed E-state index contributed by atoms with van der Waals surface area (Å²) in [6, 6.07) is 7.99. The normalized spacial score (nSPS) is 19.0. The van der Waals surface area contributed by atoms with Crippen LogP contribution in [0, 0.1) is 17.2 Å². The highest BCUT2D eigenvalue weighted by Gasteiger charge is 2.42. The third-order valence-corrected chi connectivity index (χ3v) is 9.71. The maximum absolute atomic E-state index is 14.0. The summed E-state index contributed by atoms with van der Waals surface area (Å²) in [5, 5.41) is 9.36. The summed E-state index contributed by atoms with van der Waals surface area (Å²) < 4.78 is 51.9. The van der Waals surface area contributed by atoms with Gasteiger partial charge in [-0.25, -0.2) is 13.8 Å². The van der Waals surface area contributed by atoms with Crippen LogP contribution in [0.4, 0.5) is 8.78 Å². The van der Waals surface area contributed by atoms with E-state index >= 15 is 0 Å². The Balaban J connectivity index is 2.01. The van der Waals surface area contributed by atoms with Gasteiger partial charge in [-0.15, -0.1) is 4.72 Å². The van der Waals surface area contributed by atoms with E-state index in [2.05, 4.69) is 30.4 Å². The molecule has 0 amide bonds. The standard InChI is InChI=1S/C25H38F2N4O2SSi/c1-24(2,3)34(32)30-22(19-9-11-25(26,27)12-10-19)23-29-20-15-18(16-28)7-8-21(20)31(23)17-33-13-14-35(4,5)6/h7-8,15,19,22,30H,9-14,17H2,1-6H3/t22-,34?/m0/s1. The second kappa shape index (κ2) is 10.8. The third kappa shape index (κ3) is 7.49. The van der Waals surface area contributed by atoms with Gasteiger partial charge in [-0.3, -0.25) is 0 Å². The Kier molecular flexibility index (Phi) is 8.70. The van der Waals surface area contributed by atoms with Crippen molar-refractivity contribution in [2.45, 2.75) is 95.6 Å². The smallest absolute Gasteiger partial charge is 0.248 e. The fraction of sp³-hybridized carbons (Fsp3) is 0.680. The number of nitrogens with one attached hydrogen (secondary N) is 1. The van der Waals surface area contributed by atoms with Gasteiger partial charge in [-0.2, -0.15) is 5.26 Å². The molecule has 0 aliphatic heterocycles. The van der Waals surface area contributed by atoms with E-state index in [1.807, 2.05) is 31.4 Å². The lowest BCUT2D eigenvalue weighted by Gasteiger charge is -2.35. The number of nitriles is 1. The predicted octanol–water partition coefficient (Wildman–Crippen LogP) is 6.14. The molecular weight excluding hydrogens is 486 g/mol. The molecule has 0 bridgehead atoms. The number of nitrogens with zero attached hydrogens (tertiary/aromatic N) is 3. The third-order valence-electron chi connectivity index (χ3n) is 6.43. The SMILES string of the molecule is CC(C)(C)[S+]([O-])N[C@H](c1nc2cc(C#N)ccc2n1COCC[Si](C)(C)C)C1CCC(F)(F)CC1. The minimum atomic E-state index is -2.66. The van der Waals surface area contributed by atoms with Crippen LogP contribution in [-0.4, -0.2) is 39.5 Å². The van der Waals surface area contributed by atoms with E-state index in [4.69, 9.17) is 9.72 Å². The van der Waals surface area contributed by atoms with Gasteiger partial charge in [-0.1, -0.05) is 19.6 Å². The molecular formula is C25H38F2N4O2SSi. The van der Waals surface area contributed by atoms with Crippen LogP contribution < -0.4 is 4.72 Å². The molecule has 1 fully saturated rings. The number of halogens is 2. The number of hydrogen-bond donors (Lipinski definition) is 1. The Morgan fingerprint density at radius 2 is 1.97 bits per heavy atom. The van der Waals surface area contributed by atoms with Crippen molar-refractivity contribution in [2.75, 3.05) is 6.61 Å². The molecule has 1 aromatic heterocycles. The monoisotopic (exact) mass is 524 g/mol. The zero-order valence-corrected chi connectivity index (χ0v) is 23.5. The van der Waals surface area contributed by atoms with Gasteiger partial charge in [0.15, 0.2) is 0 Å². The molecule has 1 heterocycles. The zero-order chi connectivity index (χ0) is 26.0. The van der Waals surface area contributed by atoms with Crippen LogP contribution in [0.25, 0.3) is 11.0 Å². The topological polar surface area (TPSA) is 85.9 Å². The first-order chi connectivity index (χ1) is 16.2. The second-order valence-corrected chi connectivity index (χ2v) is 19.4. The Morgan fingerprint density at radius 1 is 1.31 bits per heavy atom. The molecule has 1 unspecified atom stereocenters. The fourth-order valence-electron chi connectivity index (χ4n) is 4.17. The number of rotatable bonds is 9. The summed E-state index contributed by atoms with van der Waals surface area (Å²) in [7, 11) is -1.27. The number of ether oxygens (including phenoxy) is 1. The molecule has 2 atom stereocenters. The van der Waals surface area contributed by atoms with Gasteiger partial charge in [-0.05, 0) is 63.8 Å². The van der Waals surface area contributed by atoms with Gasteiger partial charge >= 0.3 is 0 Å². The highest BCUT2D eigenvalue weighted by molar-refractivity contribution is 7.90. The lowest BCUT2D eigenvalue weighted by atomic mass is 9.82. The molecule has 1 aliphatic carbocycles. The predicted molar refractivity (Wildman–Crippen MR) is 139 cm³/mol. The van der Waals surface area contributed by atoms with Crippen molar-refractivity contribution in [1.82, 2.24) is 14.3 Å². The average Bonchev–Trinajstić information content (AvgIpc) is 3.11. The van der Waals surface area contributed by atoms with E-state index in [-0.39, 0.29) is 25.5 Å². The van der Waals surface area contributed by atoms with Gasteiger partial charge < -0.3 is 13.9 Å². The van der Waals surface area contributed by atoms with Crippen molar-refractivity contribution < 1.29 is 18.1 Å². The molecule has 6 nitrogen and oxygen atoms in total. The van der Waals surface area contributed by atoms with Gasteiger partial charge in [0, 0.05) is 38.9 Å². The lowest BCUT2D eigenvalue weighted by Crippen LogP contribution is -2.45. The van der Waals surface area contributed by atoms with Crippen LogP contribution in [0.3, 0.4) is 0 Å². The largest absolute Gasteiger partial charge is 0.598 e. The van der Waals surface area contributed by atoms with E-state index < -0.39 is 36.1 Å². The number of hydrogen-bond acceptors (Lipinski definition) is 5. The Hall–Kier alpha value is -1.51. The maximum atomic E-state index is 14.0. The highest BCUT2D eigenvalue weighted by Crippen LogP contribution is 2.42. The van der Waals surface area contributed by atoms with Gasteiger partial charge in [0.1, 0.15) is 23.3 Å². The fourth-order valence-corrected chi connectivity index (χ4v) is 5.81. The summed E-state index contributed by atoms with van der Waals surface area (Å²) in [6.07, 6.45) is 0.247. The van der Waals surface area contributed by atoms with Gasteiger partial charge in [0.25, 0.3) is 0 Å². The van der Waals surface area contributed by atoms with E-state index in [0.717, 1.165) is 11.6 Å². The first-order valence-electron chi connectivity index (χ1n) is 12.2. The van der Waals surface area contributed by atoms with Gasteiger partial charge in [0.2, 0.25) is 5.92 Å². The van der Waals surface area contributed by atoms with Crippen molar-refractivity contribution in [3.05, 3.63) is 29.6 Å². The quantitative estimate of drug-likeness (QED) is 0.242. The van der Waals surface area contributed by atoms with Crippen molar-refractivity contribution in [1.29, 1.82) is 5.26 Å². The van der Waals surface area contributed by atoms with E-state index in [9.17, 15) is 18.6 Å². The van der Waals surface area contributed by atoms with Crippen molar-refractivity contribution in [2.24, 2.45) is 5.92 Å². The number of fused-ring (bicyclic) bond motifs is 1. The molecule has 0 radical (unpaired) electrons. The van der Waals surface area contributed by atoms with E-state index in [1.165, 1.54) is 0 Å². The van der Waals surface area contributed by atoms with Gasteiger partial charge in [0.05, 0.1) is 22.7 Å². The minimum absolute atomic E-state index is 0.145. The number of alkyl halides is 2. The molecule has 1 aromatic carbocycles. The first kappa shape index (κ1) is 28.1. The van der Waals surface area contributed by atoms with Crippen molar-refractivity contribution in [3.63, 3.8) is 0 Å². The van der Waals surface area contributed by atoms with Crippen LogP contribution in [-0.2, 0) is 22.8 Å². The molecule has 0 spiro atoms. The zero-order valence-electron chi connectivity index (χ0n) is 21.7.